The van der Waals surface area contributed by atoms with Gasteiger partial charge in [0.05, 0.1) is 0 Å². The second kappa shape index (κ2) is 6.48. The smallest absolute Gasteiger partial charge is 0.126 e. The van der Waals surface area contributed by atoms with Gasteiger partial charge >= 0.3 is 0 Å². The van der Waals surface area contributed by atoms with E-state index in [-0.39, 0.29) is 5.82 Å². The van der Waals surface area contributed by atoms with Crippen LogP contribution in [0.1, 0.15) is 64.0 Å². The van der Waals surface area contributed by atoms with E-state index < -0.39 is 0 Å². The Kier molecular flexibility index (Phi) is 5.08. The largest absolute Gasteiger partial charge is 0.314 e. The molecular weight excluding hydrogens is 261 g/mol. The van der Waals surface area contributed by atoms with E-state index in [1.807, 2.05) is 13.0 Å². The summed E-state index contributed by atoms with van der Waals surface area (Å²) < 4.78 is 14.0. The zero-order valence-corrected chi connectivity index (χ0v) is 14.2. The third kappa shape index (κ3) is 4.29. The Hall–Kier alpha value is -0.890. The zero-order valence-electron chi connectivity index (χ0n) is 14.2. The molecule has 0 heterocycles. The van der Waals surface area contributed by atoms with E-state index in [1.54, 1.807) is 6.07 Å². The molecule has 21 heavy (non-hydrogen) atoms. The Bertz CT molecular complexity index is 476. The van der Waals surface area contributed by atoms with Gasteiger partial charge in [-0.2, -0.15) is 0 Å². The summed E-state index contributed by atoms with van der Waals surface area (Å²) in [5.41, 5.74) is 2.28. The number of hydrogen-bond acceptors (Lipinski definition) is 1. The third-order valence-electron chi connectivity index (χ3n) is 4.95. The lowest BCUT2D eigenvalue weighted by molar-refractivity contribution is 0.158. The van der Waals surface area contributed by atoms with Gasteiger partial charge in [0.15, 0.2) is 0 Å². The summed E-state index contributed by atoms with van der Waals surface area (Å²) in [5.74, 6) is 1.02. The molecule has 1 aliphatic carbocycles. The molecule has 0 saturated heterocycles. The fraction of sp³-hybridized carbons (Fsp3) is 0.684. The molecule has 2 unspecified atom stereocenters. The molecule has 1 aromatic carbocycles. The summed E-state index contributed by atoms with van der Waals surface area (Å²) in [4.78, 5) is 0. The van der Waals surface area contributed by atoms with Crippen LogP contribution in [-0.2, 0) is 0 Å². The minimum atomic E-state index is -0.0635. The van der Waals surface area contributed by atoms with Crippen molar-refractivity contribution in [3.63, 3.8) is 0 Å². The van der Waals surface area contributed by atoms with Crippen molar-refractivity contribution in [3.05, 3.63) is 35.1 Å². The highest BCUT2D eigenvalue weighted by molar-refractivity contribution is 5.27. The summed E-state index contributed by atoms with van der Waals surface area (Å²) in [5, 5.41) is 3.57. The first-order valence-electron chi connectivity index (χ1n) is 8.28. The second-order valence-corrected chi connectivity index (χ2v) is 7.85. The van der Waals surface area contributed by atoms with E-state index in [2.05, 4.69) is 39.1 Å². The minimum Gasteiger partial charge on any atom is -0.314 e. The van der Waals surface area contributed by atoms with E-state index in [0.29, 0.717) is 23.3 Å². The molecule has 118 valence electrons. The molecule has 0 aliphatic heterocycles. The number of benzene rings is 1. The average molecular weight is 291 g/mol. The van der Waals surface area contributed by atoms with E-state index >= 15 is 0 Å². The monoisotopic (exact) mass is 291 g/mol. The summed E-state index contributed by atoms with van der Waals surface area (Å²) in [6.07, 6.45) is 3.65. The van der Waals surface area contributed by atoms with Crippen molar-refractivity contribution in [2.45, 2.75) is 65.8 Å². The molecule has 0 spiro atoms. The van der Waals surface area contributed by atoms with Crippen LogP contribution >= 0.6 is 0 Å². The summed E-state index contributed by atoms with van der Waals surface area (Å²) in [6, 6.07) is 6.34. The van der Waals surface area contributed by atoms with Gasteiger partial charge in [0.25, 0.3) is 0 Å². The van der Waals surface area contributed by atoms with E-state index in [4.69, 9.17) is 0 Å². The van der Waals surface area contributed by atoms with Gasteiger partial charge in [-0.1, -0.05) is 39.8 Å². The van der Waals surface area contributed by atoms with Crippen molar-refractivity contribution in [2.75, 3.05) is 6.54 Å². The van der Waals surface area contributed by atoms with Crippen LogP contribution in [0.2, 0.25) is 0 Å². The van der Waals surface area contributed by atoms with Gasteiger partial charge in [-0.15, -0.1) is 0 Å². The van der Waals surface area contributed by atoms with Crippen molar-refractivity contribution < 1.29 is 4.39 Å². The van der Waals surface area contributed by atoms with Gasteiger partial charge in [-0.05, 0) is 67.2 Å². The van der Waals surface area contributed by atoms with Crippen LogP contribution in [0, 0.1) is 24.1 Å². The summed E-state index contributed by atoms with van der Waals surface area (Å²) in [7, 11) is 0. The fourth-order valence-electron chi connectivity index (χ4n) is 3.50. The first kappa shape index (κ1) is 16.5. The van der Waals surface area contributed by atoms with Crippen molar-refractivity contribution in [3.8, 4) is 0 Å². The van der Waals surface area contributed by atoms with Crippen LogP contribution < -0.4 is 5.32 Å². The van der Waals surface area contributed by atoms with Gasteiger partial charge in [-0.25, -0.2) is 4.39 Å². The summed E-state index contributed by atoms with van der Waals surface area (Å²) in [6.45, 7) is 11.9. The Balaban J connectivity index is 2.21. The van der Waals surface area contributed by atoms with Gasteiger partial charge in [-0.3, -0.25) is 0 Å². The fourth-order valence-corrected chi connectivity index (χ4v) is 3.50. The van der Waals surface area contributed by atoms with E-state index in [9.17, 15) is 4.39 Å². The molecule has 0 amide bonds. The predicted octanol–water partition coefficient (Wildman–Crippen LogP) is 5.04. The molecule has 2 rings (SSSR count). The molecule has 1 fully saturated rings. The number of aryl methyl sites for hydroxylation is 1. The maximum Gasteiger partial charge on any atom is 0.126 e. The van der Waals surface area contributed by atoms with Gasteiger partial charge in [0, 0.05) is 6.04 Å². The topological polar surface area (TPSA) is 12.0 Å². The minimum absolute atomic E-state index is 0.0635. The highest BCUT2D eigenvalue weighted by Crippen LogP contribution is 2.46. The maximum absolute atomic E-state index is 14.0. The number of rotatable bonds is 4. The average Bonchev–Trinajstić information content (AvgIpc) is 2.39. The summed E-state index contributed by atoms with van der Waals surface area (Å²) >= 11 is 0. The molecule has 0 bridgehead atoms. The first-order valence-corrected chi connectivity index (χ1v) is 8.28. The molecule has 1 N–H and O–H groups in total. The van der Waals surface area contributed by atoms with Gasteiger partial charge in [0.2, 0.25) is 0 Å². The highest BCUT2D eigenvalue weighted by Gasteiger charge is 2.35. The van der Waals surface area contributed by atoms with Crippen LogP contribution in [-0.4, -0.2) is 12.6 Å². The SMILES string of the molecule is Cc1ccc(C2CC(C)(C)CCC2CNC(C)C)cc1F. The molecule has 0 aromatic heterocycles. The number of halogens is 1. The van der Waals surface area contributed by atoms with Crippen LogP contribution in [0.15, 0.2) is 18.2 Å². The standard InChI is InChI=1S/C19H30FN/c1-13(2)21-12-16-8-9-19(4,5)11-17(16)15-7-6-14(3)18(20)10-15/h6-7,10,13,16-17,21H,8-9,11-12H2,1-5H3. The molecule has 1 saturated carbocycles. The molecular formula is C19H30FN. The van der Waals surface area contributed by atoms with E-state index in [1.165, 1.54) is 18.4 Å². The molecule has 2 atom stereocenters. The van der Waals surface area contributed by atoms with Crippen molar-refractivity contribution in [1.29, 1.82) is 0 Å². The van der Waals surface area contributed by atoms with Crippen molar-refractivity contribution >= 4 is 0 Å². The lowest BCUT2D eigenvalue weighted by Gasteiger charge is -2.41. The van der Waals surface area contributed by atoms with Gasteiger partial charge in [0.1, 0.15) is 5.82 Å². The van der Waals surface area contributed by atoms with Crippen LogP contribution in [0.3, 0.4) is 0 Å². The molecule has 1 aromatic rings. The predicted molar refractivity (Wildman–Crippen MR) is 88.1 cm³/mol. The Labute approximate surface area is 129 Å². The Morgan fingerprint density at radius 1 is 1.33 bits per heavy atom. The zero-order chi connectivity index (χ0) is 15.6. The quantitative estimate of drug-likeness (QED) is 0.819. The first-order chi connectivity index (χ1) is 9.78. The molecule has 1 nitrogen and oxygen atoms in total. The van der Waals surface area contributed by atoms with Crippen LogP contribution in [0.4, 0.5) is 4.39 Å². The van der Waals surface area contributed by atoms with Crippen molar-refractivity contribution in [2.24, 2.45) is 11.3 Å². The van der Waals surface area contributed by atoms with Crippen LogP contribution in [0.5, 0.6) is 0 Å². The highest BCUT2D eigenvalue weighted by atomic mass is 19.1. The maximum atomic E-state index is 14.0. The third-order valence-corrected chi connectivity index (χ3v) is 4.95. The Morgan fingerprint density at radius 3 is 2.67 bits per heavy atom. The van der Waals surface area contributed by atoms with Crippen molar-refractivity contribution in [1.82, 2.24) is 5.32 Å². The van der Waals surface area contributed by atoms with Crippen LogP contribution in [0.25, 0.3) is 0 Å². The number of nitrogens with one attached hydrogen (secondary N) is 1. The van der Waals surface area contributed by atoms with Gasteiger partial charge < -0.3 is 5.32 Å². The number of hydrogen-bond donors (Lipinski definition) is 1. The molecule has 1 aliphatic rings. The Morgan fingerprint density at radius 2 is 2.05 bits per heavy atom. The molecule has 2 heteroatoms. The lowest BCUT2D eigenvalue weighted by atomic mass is 9.65. The second-order valence-electron chi connectivity index (χ2n) is 7.85. The van der Waals surface area contributed by atoms with E-state index in [0.717, 1.165) is 18.5 Å². The lowest BCUT2D eigenvalue weighted by Crippen LogP contribution is -2.37. The molecule has 0 radical (unpaired) electrons. The normalized spacial score (nSPS) is 25.3.